The van der Waals surface area contributed by atoms with E-state index in [1.807, 2.05) is 30.0 Å². The van der Waals surface area contributed by atoms with Gasteiger partial charge in [0.15, 0.2) is 0 Å². The Hall–Kier alpha value is -1.91. The third kappa shape index (κ3) is 3.35. The van der Waals surface area contributed by atoms with E-state index in [0.29, 0.717) is 18.8 Å². The molecule has 5 heteroatoms. The average molecular weight is 278 g/mol. The number of ether oxygens (including phenoxy) is 2. The van der Waals surface area contributed by atoms with Crippen molar-refractivity contribution in [1.29, 1.82) is 0 Å². The van der Waals surface area contributed by atoms with Gasteiger partial charge in [-0.15, -0.1) is 0 Å². The summed E-state index contributed by atoms with van der Waals surface area (Å²) in [6.45, 7) is 5.42. The second-order valence-electron chi connectivity index (χ2n) is 4.98. The van der Waals surface area contributed by atoms with Crippen LogP contribution in [0.15, 0.2) is 18.2 Å². The molecular weight excluding hydrogens is 256 g/mol. The van der Waals surface area contributed by atoms with E-state index in [1.54, 1.807) is 0 Å². The number of esters is 1. The van der Waals surface area contributed by atoms with E-state index in [4.69, 9.17) is 15.2 Å². The van der Waals surface area contributed by atoms with Gasteiger partial charge in [-0.25, -0.2) is 0 Å². The molecule has 110 valence electrons. The van der Waals surface area contributed by atoms with Crippen molar-refractivity contribution in [2.45, 2.75) is 32.8 Å². The van der Waals surface area contributed by atoms with Crippen LogP contribution in [0, 0.1) is 0 Å². The van der Waals surface area contributed by atoms with Crippen molar-refractivity contribution in [3.8, 4) is 5.75 Å². The highest BCUT2D eigenvalue weighted by Gasteiger charge is 2.26. The summed E-state index contributed by atoms with van der Waals surface area (Å²) < 4.78 is 11.0. The lowest BCUT2D eigenvalue weighted by Crippen LogP contribution is -2.42. The first-order chi connectivity index (χ1) is 9.63. The number of hydrogen-bond acceptors (Lipinski definition) is 5. The predicted octanol–water partition coefficient (Wildman–Crippen LogP) is 2.20. The topological polar surface area (TPSA) is 64.8 Å². The fourth-order valence-corrected chi connectivity index (χ4v) is 2.22. The highest BCUT2D eigenvalue weighted by Crippen LogP contribution is 2.35. The molecule has 0 saturated heterocycles. The minimum atomic E-state index is -0.211. The molecule has 1 aromatic carbocycles. The molecule has 0 saturated carbocycles. The Bertz CT molecular complexity index is 476. The Labute approximate surface area is 119 Å². The standard InChI is InChI=1S/C15H22N2O3/c1-3-7-19-15(18)10-17-9-12(4-2)20-14-6-5-11(16)8-13(14)17/h5-6,8,12H,3-4,7,9-10,16H2,1-2H3. The van der Waals surface area contributed by atoms with Crippen LogP contribution in [0.5, 0.6) is 5.75 Å². The molecule has 1 heterocycles. The van der Waals surface area contributed by atoms with Crippen molar-refractivity contribution in [3.63, 3.8) is 0 Å². The summed E-state index contributed by atoms with van der Waals surface area (Å²) in [6.07, 6.45) is 1.81. The maximum Gasteiger partial charge on any atom is 0.325 e. The lowest BCUT2D eigenvalue weighted by molar-refractivity contribution is -0.142. The van der Waals surface area contributed by atoms with Crippen LogP contribution in [-0.2, 0) is 9.53 Å². The van der Waals surface area contributed by atoms with Crippen LogP contribution in [0.4, 0.5) is 11.4 Å². The van der Waals surface area contributed by atoms with Crippen molar-refractivity contribution in [1.82, 2.24) is 0 Å². The van der Waals surface area contributed by atoms with E-state index in [1.165, 1.54) is 0 Å². The molecule has 2 N–H and O–H groups in total. The minimum absolute atomic E-state index is 0.0881. The first-order valence-electron chi connectivity index (χ1n) is 7.10. The zero-order valence-electron chi connectivity index (χ0n) is 12.1. The third-order valence-electron chi connectivity index (χ3n) is 3.28. The third-order valence-corrected chi connectivity index (χ3v) is 3.28. The summed E-state index contributed by atoms with van der Waals surface area (Å²) in [7, 11) is 0. The van der Waals surface area contributed by atoms with E-state index >= 15 is 0 Å². The molecule has 1 atom stereocenters. The fourth-order valence-electron chi connectivity index (χ4n) is 2.22. The van der Waals surface area contributed by atoms with E-state index in [2.05, 4.69) is 6.92 Å². The van der Waals surface area contributed by atoms with Crippen molar-refractivity contribution in [3.05, 3.63) is 18.2 Å². The van der Waals surface area contributed by atoms with E-state index in [-0.39, 0.29) is 18.6 Å². The van der Waals surface area contributed by atoms with Gasteiger partial charge in [0.05, 0.1) is 18.8 Å². The largest absolute Gasteiger partial charge is 0.486 e. The average Bonchev–Trinajstić information content (AvgIpc) is 2.45. The van der Waals surface area contributed by atoms with Gasteiger partial charge in [0, 0.05) is 5.69 Å². The van der Waals surface area contributed by atoms with Crippen LogP contribution in [0.3, 0.4) is 0 Å². The Morgan fingerprint density at radius 2 is 2.30 bits per heavy atom. The summed E-state index contributed by atoms with van der Waals surface area (Å²) >= 11 is 0. The second kappa shape index (κ2) is 6.50. The van der Waals surface area contributed by atoms with Crippen LogP contribution in [0.1, 0.15) is 26.7 Å². The summed E-state index contributed by atoms with van der Waals surface area (Å²) in [6, 6.07) is 5.51. The van der Waals surface area contributed by atoms with E-state index in [0.717, 1.165) is 24.3 Å². The predicted molar refractivity (Wildman–Crippen MR) is 79.0 cm³/mol. The summed E-state index contributed by atoms with van der Waals surface area (Å²) in [5.74, 6) is 0.567. The van der Waals surface area contributed by atoms with Gasteiger partial charge in [0.2, 0.25) is 0 Å². The molecule has 0 amide bonds. The van der Waals surface area contributed by atoms with Crippen molar-refractivity contribution >= 4 is 17.3 Å². The maximum absolute atomic E-state index is 11.8. The Kier molecular flexibility index (Phi) is 4.71. The molecule has 0 fully saturated rings. The van der Waals surface area contributed by atoms with Crippen molar-refractivity contribution in [2.75, 3.05) is 30.3 Å². The summed E-state index contributed by atoms with van der Waals surface area (Å²) in [5, 5.41) is 0. The first-order valence-corrected chi connectivity index (χ1v) is 7.10. The molecule has 0 aliphatic carbocycles. The summed E-state index contributed by atoms with van der Waals surface area (Å²) in [5.41, 5.74) is 7.35. The Morgan fingerprint density at radius 1 is 1.50 bits per heavy atom. The molecule has 1 unspecified atom stereocenters. The van der Waals surface area contributed by atoms with Gasteiger partial charge in [-0.1, -0.05) is 13.8 Å². The zero-order valence-corrected chi connectivity index (χ0v) is 12.1. The number of nitrogens with zero attached hydrogens (tertiary/aromatic N) is 1. The molecule has 2 rings (SSSR count). The highest BCUT2D eigenvalue weighted by atomic mass is 16.5. The number of carbonyl (C=O) groups excluding carboxylic acids is 1. The lowest BCUT2D eigenvalue weighted by atomic mass is 10.1. The van der Waals surface area contributed by atoms with Gasteiger partial charge in [-0.3, -0.25) is 4.79 Å². The second-order valence-corrected chi connectivity index (χ2v) is 4.98. The summed E-state index contributed by atoms with van der Waals surface area (Å²) in [4.78, 5) is 13.8. The van der Waals surface area contributed by atoms with Crippen LogP contribution in [0.25, 0.3) is 0 Å². The molecule has 0 spiro atoms. The van der Waals surface area contributed by atoms with Crippen LogP contribution in [0.2, 0.25) is 0 Å². The van der Waals surface area contributed by atoms with Gasteiger partial charge < -0.3 is 20.1 Å². The van der Waals surface area contributed by atoms with Gasteiger partial charge in [-0.2, -0.15) is 0 Å². The number of anilines is 2. The highest BCUT2D eigenvalue weighted by molar-refractivity contribution is 5.78. The lowest BCUT2D eigenvalue weighted by Gasteiger charge is -2.35. The van der Waals surface area contributed by atoms with Crippen LogP contribution in [-0.4, -0.2) is 31.8 Å². The maximum atomic E-state index is 11.8. The van der Waals surface area contributed by atoms with Crippen molar-refractivity contribution in [2.24, 2.45) is 0 Å². The smallest absolute Gasteiger partial charge is 0.325 e. The number of nitrogens with two attached hydrogens (primary N) is 1. The number of nitrogen functional groups attached to an aromatic ring is 1. The zero-order chi connectivity index (χ0) is 14.5. The van der Waals surface area contributed by atoms with Crippen molar-refractivity contribution < 1.29 is 14.3 Å². The van der Waals surface area contributed by atoms with Crippen LogP contribution < -0.4 is 15.4 Å². The minimum Gasteiger partial charge on any atom is -0.486 e. The van der Waals surface area contributed by atoms with Gasteiger partial charge in [-0.05, 0) is 31.0 Å². The molecule has 20 heavy (non-hydrogen) atoms. The molecule has 5 nitrogen and oxygen atoms in total. The van der Waals surface area contributed by atoms with Gasteiger partial charge in [0.1, 0.15) is 18.4 Å². The Balaban J connectivity index is 2.15. The molecule has 1 aromatic rings. The number of fused-ring (bicyclic) bond motifs is 1. The van der Waals surface area contributed by atoms with Gasteiger partial charge in [0.25, 0.3) is 0 Å². The quantitative estimate of drug-likeness (QED) is 0.660. The molecule has 0 bridgehead atoms. The molecule has 0 aromatic heterocycles. The number of benzene rings is 1. The normalized spacial score (nSPS) is 17.3. The molecular formula is C15H22N2O3. The monoisotopic (exact) mass is 278 g/mol. The molecule has 1 aliphatic rings. The fraction of sp³-hybridized carbons (Fsp3) is 0.533. The number of carbonyl (C=O) groups is 1. The molecule has 1 aliphatic heterocycles. The number of rotatable bonds is 5. The SMILES string of the molecule is CCCOC(=O)CN1CC(CC)Oc2ccc(N)cc21. The van der Waals surface area contributed by atoms with Crippen LogP contribution >= 0.6 is 0 Å². The van der Waals surface area contributed by atoms with Gasteiger partial charge >= 0.3 is 5.97 Å². The number of hydrogen-bond donors (Lipinski definition) is 1. The first kappa shape index (κ1) is 14.5. The Morgan fingerprint density at radius 3 is 3.00 bits per heavy atom. The van der Waals surface area contributed by atoms with E-state index < -0.39 is 0 Å². The molecule has 0 radical (unpaired) electrons. The van der Waals surface area contributed by atoms with E-state index in [9.17, 15) is 4.79 Å².